The van der Waals surface area contributed by atoms with Crippen molar-refractivity contribution in [1.29, 1.82) is 0 Å². The Morgan fingerprint density at radius 1 is 1.00 bits per heavy atom. The molecule has 1 N–H and O–H groups in total. The summed E-state index contributed by atoms with van der Waals surface area (Å²) >= 11 is 11.8. The quantitative estimate of drug-likeness (QED) is 0.473. The number of nitrogens with zero attached hydrogens (tertiary/aromatic N) is 2. The largest absolute Gasteiger partial charge is 0.487 e. The van der Waals surface area contributed by atoms with Gasteiger partial charge >= 0.3 is 5.97 Å². The first-order valence-corrected chi connectivity index (χ1v) is 11.3. The van der Waals surface area contributed by atoms with Crippen LogP contribution in [0.2, 0.25) is 10.0 Å². The van der Waals surface area contributed by atoms with Crippen LogP contribution in [-0.2, 0) is 17.8 Å². The summed E-state index contributed by atoms with van der Waals surface area (Å²) in [4.78, 5) is 31.2. The van der Waals surface area contributed by atoms with Gasteiger partial charge < -0.3 is 14.7 Å². The number of pyridine rings is 1. The summed E-state index contributed by atoms with van der Waals surface area (Å²) in [6.45, 7) is 0.624. The Hall–Kier alpha value is -3.09. The molecule has 3 aromatic rings. The molecule has 0 saturated carbocycles. The summed E-state index contributed by atoms with van der Waals surface area (Å²) in [5, 5.41) is 10.8. The minimum atomic E-state index is -1.08. The molecule has 0 bridgehead atoms. The molecule has 4 rings (SSSR count). The topological polar surface area (TPSA) is 79.7 Å². The van der Waals surface area contributed by atoms with E-state index in [1.54, 1.807) is 42.5 Å². The van der Waals surface area contributed by atoms with Gasteiger partial charge in [0.05, 0.1) is 29.4 Å². The highest BCUT2D eigenvalue weighted by molar-refractivity contribution is 6.30. The van der Waals surface area contributed by atoms with Gasteiger partial charge in [0, 0.05) is 16.6 Å². The van der Waals surface area contributed by atoms with Crippen molar-refractivity contribution < 1.29 is 19.4 Å². The lowest BCUT2D eigenvalue weighted by Crippen LogP contribution is -2.32. The molecule has 2 aromatic carbocycles. The fourth-order valence-corrected chi connectivity index (χ4v) is 4.19. The molecule has 1 amide bonds. The van der Waals surface area contributed by atoms with E-state index in [1.807, 2.05) is 17.0 Å². The number of hydrogen-bond acceptors (Lipinski definition) is 4. The van der Waals surface area contributed by atoms with Gasteiger partial charge in [0.15, 0.2) is 0 Å². The fraction of sp³-hybridized carbons (Fsp3) is 0.240. The molecule has 1 unspecified atom stereocenters. The van der Waals surface area contributed by atoms with Crippen LogP contribution in [0.1, 0.15) is 46.2 Å². The highest BCUT2D eigenvalue weighted by atomic mass is 35.5. The minimum Gasteiger partial charge on any atom is -0.487 e. The van der Waals surface area contributed by atoms with Crippen molar-refractivity contribution in [2.45, 2.75) is 31.9 Å². The predicted molar refractivity (Wildman–Crippen MR) is 126 cm³/mol. The number of aromatic nitrogens is 1. The number of aromatic carboxylic acids is 1. The average Bonchev–Trinajstić information content (AvgIpc) is 3.30. The van der Waals surface area contributed by atoms with Gasteiger partial charge in [-0.3, -0.25) is 9.78 Å². The Balaban J connectivity index is 1.53. The summed E-state index contributed by atoms with van der Waals surface area (Å²) in [6.07, 6.45) is 1.90. The first-order valence-electron chi connectivity index (χ1n) is 10.6. The van der Waals surface area contributed by atoms with E-state index in [1.165, 1.54) is 6.07 Å². The van der Waals surface area contributed by atoms with Gasteiger partial charge in [-0.25, -0.2) is 4.79 Å². The molecule has 0 aliphatic carbocycles. The molecule has 33 heavy (non-hydrogen) atoms. The number of carbonyl (C=O) groups is 2. The molecule has 1 aliphatic heterocycles. The molecule has 2 heterocycles. The van der Waals surface area contributed by atoms with Crippen molar-refractivity contribution in [2.75, 3.05) is 6.54 Å². The van der Waals surface area contributed by atoms with E-state index in [4.69, 9.17) is 27.9 Å². The third kappa shape index (κ3) is 5.64. The number of carboxylic acid groups (broad SMARTS) is 1. The summed E-state index contributed by atoms with van der Waals surface area (Å²) in [6, 6.07) is 17.1. The molecule has 1 atom stereocenters. The number of carbonyl (C=O) groups excluding carboxylic acids is 1. The number of hydrogen-bond donors (Lipinski definition) is 1. The van der Waals surface area contributed by atoms with Crippen molar-refractivity contribution in [3.63, 3.8) is 0 Å². The first-order chi connectivity index (χ1) is 15.9. The van der Waals surface area contributed by atoms with Crippen LogP contribution in [0.15, 0.2) is 60.7 Å². The summed E-state index contributed by atoms with van der Waals surface area (Å²) in [5.41, 5.74) is 1.94. The smallest absolute Gasteiger partial charge is 0.337 e. The maximum absolute atomic E-state index is 13.0. The first kappa shape index (κ1) is 23.1. The highest BCUT2D eigenvalue weighted by Gasteiger charge is 2.31. The van der Waals surface area contributed by atoms with E-state index >= 15 is 0 Å². The number of carboxylic acids is 1. The Labute approximate surface area is 201 Å². The van der Waals surface area contributed by atoms with Crippen LogP contribution in [0.5, 0.6) is 5.75 Å². The van der Waals surface area contributed by atoms with E-state index in [0.717, 1.165) is 18.4 Å². The second kappa shape index (κ2) is 10.2. The molecule has 1 fully saturated rings. The molecular weight excluding hydrogens is 463 g/mol. The molecular formula is C25H22Cl2N2O4. The third-order valence-electron chi connectivity index (χ3n) is 5.60. The van der Waals surface area contributed by atoms with Gasteiger partial charge in [-0.05, 0) is 66.9 Å². The lowest BCUT2D eigenvalue weighted by Gasteiger charge is -2.25. The second-order valence-corrected chi connectivity index (χ2v) is 8.70. The normalized spacial score (nSPS) is 15.5. The zero-order valence-corrected chi connectivity index (χ0v) is 19.2. The SMILES string of the molecule is O=C(O)c1ccc(C2CCCN2C(=O)Cc2ccc(Cl)cc2)nc1COc1ccc(Cl)cc1. The van der Waals surface area contributed by atoms with Crippen LogP contribution in [0, 0.1) is 0 Å². The maximum Gasteiger partial charge on any atom is 0.337 e. The van der Waals surface area contributed by atoms with Gasteiger partial charge in [0.25, 0.3) is 0 Å². The van der Waals surface area contributed by atoms with Gasteiger partial charge in [-0.2, -0.15) is 0 Å². The fourth-order valence-electron chi connectivity index (χ4n) is 3.94. The van der Waals surface area contributed by atoms with Crippen molar-refractivity contribution in [2.24, 2.45) is 0 Å². The summed E-state index contributed by atoms with van der Waals surface area (Å²) in [5.74, 6) is -0.516. The van der Waals surface area contributed by atoms with Crippen molar-refractivity contribution in [3.05, 3.63) is 93.2 Å². The van der Waals surface area contributed by atoms with Crippen LogP contribution < -0.4 is 4.74 Å². The summed E-state index contributed by atoms with van der Waals surface area (Å²) < 4.78 is 5.74. The maximum atomic E-state index is 13.0. The lowest BCUT2D eigenvalue weighted by atomic mass is 10.1. The third-order valence-corrected chi connectivity index (χ3v) is 6.10. The molecule has 1 aliphatic rings. The van der Waals surface area contributed by atoms with E-state index in [2.05, 4.69) is 4.98 Å². The van der Waals surface area contributed by atoms with Crippen LogP contribution in [0.4, 0.5) is 0 Å². The molecule has 6 nitrogen and oxygen atoms in total. The van der Waals surface area contributed by atoms with E-state index < -0.39 is 5.97 Å². The molecule has 8 heteroatoms. The average molecular weight is 485 g/mol. The zero-order valence-electron chi connectivity index (χ0n) is 17.7. The van der Waals surface area contributed by atoms with Crippen molar-refractivity contribution in [1.82, 2.24) is 9.88 Å². The van der Waals surface area contributed by atoms with Crippen LogP contribution in [0.3, 0.4) is 0 Å². The Morgan fingerprint density at radius 3 is 2.33 bits per heavy atom. The van der Waals surface area contributed by atoms with E-state index in [0.29, 0.717) is 33.7 Å². The Kier molecular flexibility index (Phi) is 7.16. The van der Waals surface area contributed by atoms with Crippen LogP contribution >= 0.6 is 23.2 Å². The minimum absolute atomic E-state index is 0.00268. The van der Waals surface area contributed by atoms with E-state index in [-0.39, 0.29) is 30.5 Å². The van der Waals surface area contributed by atoms with Crippen LogP contribution in [-0.4, -0.2) is 33.4 Å². The van der Waals surface area contributed by atoms with Gasteiger partial charge in [0.2, 0.25) is 5.91 Å². The highest BCUT2D eigenvalue weighted by Crippen LogP contribution is 2.32. The van der Waals surface area contributed by atoms with Gasteiger partial charge in [0.1, 0.15) is 12.4 Å². The van der Waals surface area contributed by atoms with Crippen molar-refractivity contribution in [3.8, 4) is 5.75 Å². The van der Waals surface area contributed by atoms with Crippen molar-refractivity contribution >= 4 is 35.1 Å². The number of halogens is 2. The van der Waals surface area contributed by atoms with E-state index in [9.17, 15) is 14.7 Å². The zero-order chi connectivity index (χ0) is 23.4. The molecule has 0 spiro atoms. The summed E-state index contributed by atoms with van der Waals surface area (Å²) in [7, 11) is 0. The molecule has 170 valence electrons. The number of benzene rings is 2. The molecule has 0 radical (unpaired) electrons. The lowest BCUT2D eigenvalue weighted by molar-refractivity contribution is -0.131. The Morgan fingerprint density at radius 2 is 1.67 bits per heavy atom. The molecule has 1 aromatic heterocycles. The monoisotopic (exact) mass is 484 g/mol. The van der Waals surface area contributed by atoms with Gasteiger partial charge in [-0.15, -0.1) is 0 Å². The predicted octanol–water partition coefficient (Wildman–Crippen LogP) is 5.57. The number of amides is 1. The van der Waals surface area contributed by atoms with Crippen LogP contribution in [0.25, 0.3) is 0 Å². The number of likely N-dealkylation sites (tertiary alicyclic amines) is 1. The number of ether oxygens (including phenoxy) is 1. The standard InChI is InChI=1S/C25H22Cl2N2O4/c26-17-5-3-16(4-6-17)14-24(30)29-13-1-2-23(29)21-12-11-20(25(31)32)22(28-21)15-33-19-9-7-18(27)8-10-19/h3-12,23H,1-2,13-15H2,(H,31,32). The molecule has 1 saturated heterocycles. The number of rotatable bonds is 7. The second-order valence-electron chi connectivity index (χ2n) is 7.83. The van der Waals surface area contributed by atoms with Gasteiger partial charge in [-0.1, -0.05) is 35.3 Å². The Bertz CT molecular complexity index is 1150.